The molecule has 0 aliphatic carbocycles. The molecular weight excluding hydrogens is 206 g/mol. The lowest BCUT2D eigenvalue weighted by Crippen LogP contribution is -1.95. The number of nitrogens with zero attached hydrogens (tertiary/aromatic N) is 2. The van der Waals surface area contributed by atoms with Gasteiger partial charge >= 0.3 is 0 Å². The van der Waals surface area contributed by atoms with Gasteiger partial charge in [-0.3, -0.25) is 10.1 Å². The third-order valence-electron chi connectivity index (χ3n) is 2.00. The van der Waals surface area contributed by atoms with Gasteiger partial charge in [-0.05, 0) is 12.1 Å². The van der Waals surface area contributed by atoms with Crippen LogP contribution >= 0.6 is 0 Å². The van der Waals surface area contributed by atoms with E-state index >= 15 is 0 Å². The number of nitro groups is 1. The first-order valence-electron chi connectivity index (χ1n) is 4.68. The normalized spacial score (nSPS) is 9.75. The number of hydrogen-bond donors (Lipinski definition) is 1. The molecule has 0 amide bonds. The van der Waals surface area contributed by atoms with Crippen LogP contribution in [0.5, 0.6) is 0 Å². The van der Waals surface area contributed by atoms with Crippen LogP contribution in [0.4, 0.5) is 17.2 Å². The monoisotopic (exact) mass is 215 g/mol. The van der Waals surface area contributed by atoms with Crippen molar-refractivity contribution in [1.82, 2.24) is 4.98 Å². The Morgan fingerprint density at radius 2 is 1.94 bits per heavy atom. The summed E-state index contributed by atoms with van der Waals surface area (Å²) in [5.74, 6) is 0.459. The van der Waals surface area contributed by atoms with Crippen molar-refractivity contribution >= 4 is 17.2 Å². The second kappa shape index (κ2) is 4.39. The van der Waals surface area contributed by atoms with Gasteiger partial charge in [0.15, 0.2) is 0 Å². The van der Waals surface area contributed by atoms with Gasteiger partial charge in [-0.1, -0.05) is 18.2 Å². The van der Waals surface area contributed by atoms with E-state index < -0.39 is 4.92 Å². The van der Waals surface area contributed by atoms with Crippen LogP contribution < -0.4 is 5.32 Å². The van der Waals surface area contributed by atoms with Crippen LogP contribution in [0.1, 0.15) is 0 Å². The van der Waals surface area contributed by atoms with Crippen LogP contribution in [0, 0.1) is 10.1 Å². The fraction of sp³-hybridized carbons (Fsp3) is 0. The second-order valence-electron chi connectivity index (χ2n) is 3.15. The Kier molecular flexibility index (Phi) is 2.77. The minimum atomic E-state index is -0.447. The Morgan fingerprint density at radius 1 is 1.19 bits per heavy atom. The van der Waals surface area contributed by atoms with E-state index in [0.29, 0.717) is 5.82 Å². The Morgan fingerprint density at radius 3 is 2.62 bits per heavy atom. The molecule has 1 aromatic carbocycles. The minimum Gasteiger partial charge on any atom is -0.340 e. The van der Waals surface area contributed by atoms with Crippen LogP contribution in [-0.2, 0) is 0 Å². The highest BCUT2D eigenvalue weighted by Gasteiger charge is 2.06. The topological polar surface area (TPSA) is 68.1 Å². The molecule has 0 aliphatic heterocycles. The van der Waals surface area contributed by atoms with Crippen LogP contribution in [0.3, 0.4) is 0 Å². The van der Waals surface area contributed by atoms with Gasteiger partial charge in [0.05, 0.1) is 11.0 Å². The number of anilines is 2. The van der Waals surface area contributed by atoms with E-state index in [0.717, 1.165) is 5.69 Å². The van der Waals surface area contributed by atoms with Crippen LogP contribution in [0.25, 0.3) is 0 Å². The predicted octanol–water partition coefficient (Wildman–Crippen LogP) is 2.73. The third kappa shape index (κ3) is 2.33. The minimum absolute atomic E-state index is 0.0217. The summed E-state index contributed by atoms with van der Waals surface area (Å²) in [6.45, 7) is 0. The van der Waals surface area contributed by atoms with E-state index in [1.807, 2.05) is 30.3 Å². The number of pyridine rings is 1. The van der Waals surface area contributed by atoms with E-state index in [4.69, 9.17) is 0 Å². The van der Waals surface area contributed by atoms with Gasteiger partial charge in [0.1, 0.15) is 5.82 Å². The Hall–Kier alpha value is -2.43. The number of hydrogen-bond acceptors (Lipinski definition) is 4. The highest BCUT2D eigenvalue weighted by Crippen LogP contribution is 2.18. The van der Waals surface area contributed by atoms with Crippen molar-refractivity contribution < 1.29 is 4.92 Å². The molecule has 0 spiro atoms. The molecule has 80 valence electrons. The highest BCUT2D eigenvalue weighted by atomic mass is 16.6. The molecule has 0 saturated carbocycles. The SMILES string of the molecule is O=[N+]([O-])c1ccnc(Nc2ccccc2)c1. The third-order valence-corrected chi connectivity index (χ3v) is 2.00. The smallest absolute Gasteiger partial charge is 0.274 e. The molecule has 5 heteroatoms. The van der Waals surface area contributed by atoms with Crippen molar-refractivity contribution in [2.45, 2.75) is 0 Å². The van der Waals surface area contributed by atoms with Crippen molar-refractivity contribution in [2.24, 2.45) is 0 Å². The lowest BCUT2D eigenvalue weighted by Gasteiger charge is -2.04. The zero-order chi connectivity index (χ0) is 11.4. The summed E-state index contributed by atoms with van der Waals surface area (Å²) in [6, 6.07) is 12.1. The molecule has 0 unspecified atom stereocenters. The largest absolute Gasteiger partial charge is 0.340 e. The molecule has 0 bridgehead atoms. The molecule has 16 heavy (non-hydrogen) atoms. The van der Waals surface area contributed by atoms with Crippen molar-refractivity contribution in [3.8, 4) is 0 Å². The summed E-state index contributed by atoms with van der Waals surface area (Å²) in [5, 5.41) is 13.5. The molecular formula is C11H9N3O2. The molecule has 2 rings (SSSR count). The first-order valence-corrected chi connectivity index (χ1v) is 4.68. The maximum absolute atomic E-state index is 10.6. The molecule has 0 aliphatic rings. The van der Waals surface area contributed by atoms with Gasteiger partial charge in [0, 0.05) is 18.0 Å². The van der Waals surface area contributed by atoms with Crippen LogP contribution in [-0.4, -0.2) is 9.91 Å². The number of aromatic nitrogens is 1. The maximum atomic E-state index is 10.6. The highest BCUT2D eigenvalue weighted by molar-refractivity contribution is 5.57. The standard InChI is InChI=1S/C11H9N3O2/c15-14(16)10-6-7-12-11(8-10)13-9-4-2-1-3-5-9/h1-8H,(H,12,13). The summed E-state index contributed by atoms with van der Waals surface area (Å²) in [7, 11) is 0. The van der Waals surface area contributed by atoms with Crippen molar-refractivity contribution in [1.29, 1.82) is 0 Å². The Balaban J connectivity index is 2.22. The summed E-state index contributed by atoms with van der Waals surface area (Å²) < 4.78 is 0. The molecule has 0 fully saturated rings. The number of nitrogens with one attached hydrogen (secondary N) is 1. The maximum Gasteiger partial charge on any atom is 0.274 e. The van der Waals surface area contributed by atoms with Crippen molar-refractivity contribution in [2.75, 3.05) is 5.32 Å². The molecule has 1 N–H and O–H groups in total. The Labute approximate surface area is 91.9 Å². The lowest BCUT2D eigenvalue weighted by molar-refractivity contribution is -0.384. The molecule has 1 aromatic heterocycles. The van der Waals surface area contributed by atoms with Crippen molar-refractivity contribution in [3.63, 3.8) is 0 Å². The fourth-order valence-corrected chi connectivity index (χ4v) is 1.27. The number of rotatable bonds is 3. The fourth-order valence-electron chi connectivity index (χ4n) is 1.27. The molecule has 1 heterocycles. The van der Waals surface area contributed by atoms with Crippen LogP contribution in [0.2, 0.25) is 0 Å². The lowest BCUT2D eigenvalue weighted by atomic mass is 10.3. The van der Waals surface area contributed by atoms with E-state index in [2.05, 4.69) is 10.3 Å². The zero-order valence-electron chi connectivity index (χ0n) is 8.33. The molecule has 0 atom stereocenters. The first-order chi connectivity index (χ1) is 7.75. The van der Waals surface area contributed by atoms with Gasteiger partial charge in [0.25, 0.3) is 5.69 Å². The van der Waals surface area contributed by atoms with Gasteiger partial charge in [-0.15, -0.1) is 0 Å². The first kappa shape index (κ1) is 10.1. The predicted molar refractivity (Wildman–Crippen MR) is 60.6 cm³/mol. The average Bonchev–Trinajstić information content (AvgIpc) is 2.30. The number of para-hydroxylation sites is 1. The van der Waals surface area contributed by atoms with Gasteiger partial charge in [-0.2, -0.15) is 0 Å². The average molecular weight is 215 g/mol. The van der Waals surface area contributed by atoms with Gasteiger partial charge in [-0.25, -0.2) is 4.98 Å². The van der Waals surface area contributed by atoms with E-state index in [9.17, 15) is 10.1 Å². The number of benzene rings is 1. The van der Waals surface area contributed by atoms with Crippen molar-refractivity contribution in [3.05, 3.63) is 58.8 Å². The van der Waals surface area contributed by atoms with Crippen LogP contribution in [0.15, 0.2) is 48.7 Å². The summed E-state index contributed by atoms with van der Waals surface area (Å²) in [4.78, 5) is 14.1. The molecule has 0 saturated heterocycles. The molecule has 2 aromatic rings. The molecule has 5 nitrogen and oxygen atoms in total. The zero-order valence-corrected chi connectivity index (χ0v) is 8.33. The second-order valence-corrected chi connectivity index (χ2v) is 3.15. The summed E-state index contributed by atoms with van der Waals surface area (Å²) in [6.07, 6.45) is 1.41. The van der Waals surface area contributed by atoms with E-state index in [1.165, 1.54) is 18.3 Å². The summed E-state index contributed by atoms with van der Waals surface area (Å²) >= 11 is 0. The Bertz CT molecular complexity index is 500. The van der Waals surface area contributed by atoms with E-state index in [1.54, 1.807) is 0 Å². The van der Waals surface area contributed by atoms with E-state index in [-0.39, 0.29) is 5.69 Å². The summed E-state index contributed by atoms with van der Waals surface area (Å²) in [5.41, 5.74) is 0.865. The molecule has 0 radical (unpaired) electrons. The van der Waals surface area contributed by atoms with Gasteiger partial charge < -0.3 is 5.32 Å². The van der Waals surface area contributed by atoms with Gasteiger partial charge in [0.2, 0.25) is 0 Å². The quantitative estimate of drug-likeness (QED) is 0.631.